The van der Waals surface area contributed by atoms with Crippen LogP contribution in [-0.4, -0.2) is 78.4 Å². The van der Waals surface area contributed by atoms with Gasteiger partial charge >= 0.3 is 0 Å². The van der Waals surface area contributed by atoms with Gasteiger partial charge in [-0.25, -0.2) is 9.83 Å². The molecule has 372 valence electrons. The van der Waals surface area contributed by atoms with Crippen molar-refractivity contribution < 1.29 is 33.7 Å². The van der Waals surface area contributed by atoms with E-state index in [-0.39, 0.29) is 18.0 Å². The minimum Gasteiger partial charge on any atom is -0.478 e. The molecule has 0 aliphatic carbocycles. The van der Waals surface area contributed by atoms with Crippen LogP contribution in [-0.2, 0) is 33.7 Å². The average Bonchev–Trinajstić information content (AvgIpc) is 3.78. The summed E-state index contributed by atoms with van der Waals surface area (Å²) >= 11 is 1.70. The maximum atomic E-state index is 5.29. The number of rotatable bonds is 6. The van der Waals surface area contributed by atoms with Gasteiger partial charge in [0.25, 0.3) is 6.29 Å². The first-order valence-electron chi connectivity index (χ1n) is 24.1. The molecule has 0 amide bonds. The van der Waals surface area contributed by atoms with E-state index in [0.717, 1.165) is 55.8 Å². The molecule has 3 unspecified atom stereocenters. The second-order valence-corrected chi connectivity index (χ2v) is 17.3. The Balaban J connectivity index is -0.000000669. The van der Waals surface area contributed by atoms with Crippen molar-refractivity contribution in [3.8, 4) is 0 Å². The standard InChI is InChI=1S/C8H16N2.C8H15NO.C7H13NO2.C6H12N2O.C6H11NO2.C6H11NOS.3C2H6/c1-7(2)8-5-3-4-6-9-10-8;1-7(2)8-5-3-4-6-10-9-8;1-6(2)7-8-10-5-3-4-9-7;1-4(2)6-7-5(3)9-8-6;1-4(2)6-7-9-5(3)8-6;1-4(2)6-7-8-5(3)9-6;3*1-2/h7,9H,3-6H2,1-2H3;7H,3-6H2,1-2H3;6H,3-5H2,1-2H3;4-5H,1-3H3,(H,7,8);2*4-5H,1-3H3;3*1-2H3. The molecule has 0 aromatic rings. The first-order chi connectivity index (χ1) is 30.0. The fourth-order valence-corrected chi connectivity index (χ4v) is 5.50. The minimum absolute atomic E-state index is 0.0117. The highest BCUT2D eigenvalue weighted by atomic mass is 32.2. The van der Waals surface area contributed by atoms with Crippen molar-refractivity contribution in [1.82, 2.24) is 10.9 Å². The van der Waals surface area contributed by atoms with E-state index in [4.69, 9.17) is 33.7 Å². The van der Waals surface area contributed by atoms with Gasteiger partial charge in [0.1, 0.15) is 24.1 Å². The number of aliphatic imine (C=N–C) groups is 1. The van der Waals surface area contributed by atoms with Crippen LogP contribution in [0.15, 0.2) is 30.7 Å². The maximum absolute atomic E-state index is 5.29. The van der Waals surface area contributed by atoms with Crippen LogP contribution in [0.1, 0.15) is 190 Å². The Labute approximate surface area is 390 Å². The zero-order valence-corrected chi connectivity index (χ0v) is 44.7. The highest BCUT2D eigenvalue weighted by Crippen LogP contribution is 2.25. The largest absolute Gasteiger partial charge is 0.478 e. The van der Waals surface area contributed by atoms with Gasteiger partial charge in [0.2, 0.25) is 11.8 Å². The summed E-state index contributed by atoms with van der Waals surface area (Å²) in [6.07, 6.45) is 7.98. The van der Waals surface area contributed by atoms with E-state index in [1.165, 1.54) is 37.1 Å². The fraction of sp³-hybridized carbons (Fsp3) is 0.872. The summed E-state index contributed by atoms with van der Waals surface area (Å²) in [5.41, 5.74) is 8.60. The summed E-state index contributed by atoms with van der Waals surface area (Å²) < 4.78 is 10.4. The van der Waals surface area contributed by atoms with E-state index in [2.05, 4.69) is 97.0 Å². The molecule has 15 nitrogen and oxygen atoms in total. The Hall–Kier alpha value is -3.27. The zero-order valence-electron chi connectivity index (χ0n) is 43.9. The smallest absolute Gasteiger partial charge is 0.264 e. The normalized spacial score (nSPS) is 20.7. The Morgan fingerprint density at radius 2 is 1.13 bits per heavy atom. The Morgan fingerprint density at radius 3 is 1.56 bits per heavy atom. The molecule has 3 atom stereocenters. The molecular formula is C47H96N8O7S. The van der Waals surface area contributed by atoms with E-state index >= 15 is 0 Å². The fourth-order valence-electron chi connectivity index (χ4n) is 4.71. The van der Waals surface area contributed by atoms with Crippen molar-refractivity contribution in [3.05, 3.63) is 0 Å². The molecule has 0 radical (unpaired) electrons. The highest BCUT2D eigenvalue weighted by molar-refractivity contribution is 8.14. The molecule has 0 bridgehead atoms. The van der Waals surface area contributed by atoms with E-state index in [0.29, 0.717) is 48.0 Å². The van der Waals surface area contributed by atoms with Crippen LogP contribution in [0.4, 0.5) is 0 Å². The first kappa shape index (κ1) is 64.0. The molecule has 0 saturated heterocycles. The lowest BCUT2D eigenvalue weighted by Crippen LogP contribution is -2.22. The Morgan fingerprint density at radius 1 is 0.556 bits per heavy atom. The van der Waals surface area contributed by atoms with Crippen LogP contribution in [0.25, 0.3) is 0 Å². The molecular weight excluding hydrogens is 821 g/mol. The lowest BCUT2D eigenvalue weighted by Gasteiger charge is -2.06. The van der Waals surface area contributed by atoms with Crippen molar-refractivity contribution in [3.63, 3.8) is 0 Å². The van der Waals surface area contributed by atoms with Gasteiger partial charge in [-0.05, 0) is 69.4 Å². The van der Waals surface area contributed by atoms with Crippen LogP contribution in [0.3, 0.4) is 0 Å². The van der Waals surface area contributed by atoms with Crippen LogP contribution in [0.5, 0.6) is 0 Å². The van der Waals surface area contributed by atoms with E-state index < -0.39 is 0 Å². The van der Waals surface area contributed by atoms with E-state index in [1.807, 2.05) is 90.0 Å². The first-order valence-corrected chi connectivity index (χ1v) is 25.0. The van der Waals surface area contributed by atoms with Crippen LogP contribution >= 0.6 is 11.8 Å². The molecule has 16 heteroatoms. The van der Waals surface area contributed by atoms with Gasteiger partial charge in [-0.1, -0.05) is 152 Å². The minimum atomic E-state index is -0.192. The van der Waals surface area contributed by atoms with E-state index in [9.17, 15) is 0 Å². The highest BCUT2D eigenvalue weighted by Gasteiger charge is 2.20. The quantitative estimate of drug-likeness (QED) is 0.262. The van der Waals surface area contributed by atoms with E-state index in [1.54, 1.807) is 11.8 Å². The van der Waals surface area contributed by atoms with Gasteiger partial charge in [-0.15, -0.1) is 0 Å². The van der Waals surface area contributed by atoms with Crippen molar-refractivity contribution in [2.24, 2.45) is 66.2 Å². The third-order valence-corrected chi connectivity index (χ3v) is 9.46. The molecule has 0 saturated carbocycles. The number of amidine groups is 1. The monoisotopic (exact) mass is 917 g/mol. The Kier molecular flexibility index (Phi) is 42.1. The average molecular weight is 917 g/mol. The third kappa shape index (κ3) is 33.8. The molecule has 6 rings (SSSR count). The second-order valence-electron chi connectivity index (χ2n) is 16.0. The molecule has 0 aromatic heterocycles. The number of ether oxygens (including phenoxy) is 2. The molecule has 0 spiro atoms. The van der Waals surface area contributed by atoms with Gasteiger partial charge in [-0.2, -0.15) is 5.10 Å². The molecule has 6 aliphatic heterocycles. The maximum Gasteiger partial charge on any atom is 0.264 e. The zero-order chi connectivity index (χ0) is 48.8. The molecule has 6 heterocycles. The van der Waals surface area contributed by atoms with Gasteiger partial charge in [-0.3, -0.25) is 5.48 Å². The summed E-state index contributed by atoms with van der Waals surface area (Å²) in [4.78, 5) is 28.9. The summed E-state index contributed by atoms with van der Waals surface area (Å²) in [5, 5.41) is 20.9. The molecule has 0 fully saturated rings. The number of nitrogens with one attached hydrogen (secondary N) is 2. The van der Waals surface area contributed by atoms with Gasteiger partial charge in [0.15, 0.2) is 11.7 Å². The van der Waals surface area contributed by atoms with Gasteiger partial charge < -0.3 is 34.2 Å². The van der Waals surface area contributed by atoms with Gasteiger partial charge in [0.05, 0.1) is 12.3 Å². The number of hydroxylamine groups is 1. The van der Waals surface area contributed by atoms with Crippen LogP contribution in [0.2, 0.25) is 0 Å². The summed E-state index contributed by atoms with van der Waals surface area (Å²) in [6, 6.07) is 0. The summed E-state index contributed by atoms with van der Waals surface area (Å²) in [5.74, 6) is 5.15. The van der Waals surface area contributed by atoms with Crippen LogP contribution < -0.4 is 10.9 Å². The summed E-state index contributed by atoms with van der Waals surface area (Å²) in [7, 11) is 0. The van der Waals surface area contributed by atoms with Crippen molar-refractivity contribution in [2.75, 3.05) is 26.4 Å². The number of hydrazone groups is 1. The van der Waals surface area contributed by atoms with Crippen molar-refractivity contribution in [2.45, 2.75) is 208 Å². The molecule has 63 heavy (non-hydrogen) atoms. The Bertz CT molecular complexity index is 1180. The predicted molar refractivity (Wildman–Crippen MR) is 269 cm³/mol. The summed E-state index contributed by atoms with van der Waals surface area (Å²) in [6.45, 7) is 46.2. The van der Waals surface area contributed by atoms with Crippen molar-refractivity contribution in [1.29, 1.82) is 0 Å². The molecule has 0 aromatic carbocycles. The predicted octanol–water partition coefficient (Wildman–Crippen LogP) is 12.8. The van der Waals surface area contributed by atoms with Crippen molar-refractivity contribution >= 4 is 45.9 Å². The van der Waals surface area contributed by atoms with Gasteiger partial charge in [0, 0.05) is 49.3 Å². The second kappa shape index (κ2) is 41.4. The third-order valence-electron chi connectivity index (χ3n) is 8.25. The number of hydrogen-bond acceptors (Lipinski definition) is 16. The number of thioether (sulfide) groups is 1. The molecule has 6 aliphatic rings. The number of oxime groups is 4. The SMILES string of the molecule is CC.CC.CC.CC(C)C1=NNCCCC1.CC(C)C1=NOCCCC1.CC(C)C1=NOCCCO1.CC1N=C(C(C)C)NO1.CC1ON=C(C(C)C)O1.CC1ON=C(C(C)C)S1. The van der Waals surface area contributed by atoms with Crippen LogP contribution in [0, 0.1) is 35.5 Å². The number of hydrogen-bond donors (Lipinski definition) is 2. The lowest BCUT2D eigenvalue weighted by atomic mass is 10.0. The lowest BCUT2D eigenvalue weighted by molar-refractivity contribution is -0.0331. The molecule has 2 N–H and O–H groups in total. The number of nitrogens with zero attached hydrogens (tertiary/aromatic N) is 6. The topological polar surface area (TPSA) is 163 Å².